The van der Waals surface area contributed by atoms with Gasteiger partial charge in [0.15, 0.2) is 0 Å². The van der Waals surface area contributed by atoms with Crippen LogP contribution in [-0.4, -0.2) is 13.1 Å². The van der Waals surface area contributed by atoms with E-state index in [0.717, 1.165) is 0 Å². The first-order chi connectivity index (χ1) is 7.80. The number of methoxy groups -OCH3 is 1. The van der Waals surface area contributed by atoms with Crippen LogP contribution in [0.2, 0.25) is 5.02 Å². The number of halogens is 2. The van der Waals surface area contributed by atoms with E-state index in [-0.39, 0.29) is 5.02 Å². The van der Waals surface area contributed by atoms with Crippen molar-refractivity contribution in [3.8, 4) is 0 Å². The van der Waals surface area contributed by atoms with E-state index in [1.165, 1.54) is 25.3 Å². The molecule has 0 saturated carbocycles. The largest absolute Gasteiger partial charge is 0.469 e. The summed E-state index contributed by atoms with van der Waals surface area (Å²) in [6, 6.07) is 3.24. The number of hydrogen-bond donors (Lipinski definition) is 1. The Bertz CT molecular complexity index is 435. The molecule has 1 rings (SSSR count). The zero-order chi connectivity index (χ0) is 13.2. The van der Waals surface area contributed by atoms with Crippen LogP contribution in [0.25, 0.3) is 0 Å². The van der Waals surface area contributed by atoms with Gasteiger partial charge in [-0.3, -0.25) is 4.79 Å². The molecular weight excluding hydrogens is 245 g/mol. The predicted octanol–water partition coefficient (Wildman–Crippen LogP) is 2.68. The fourth-order valence-corrected chi connectivity index (χ4v) is 1.82. The van der Waals surface area contributed by atoms with Crippen molar-refractivity contribution in [2.45, 2.75) is 19.9 Å². The van der Waals surface area contributed by atoms with E-state index >= 15 is 0 Å². The van der Waals surface area contributed by atoms with E-state index in [9.17, 15) is 9.18 Å². The number of nitrogens with two attached hydrogens (primary N) is 1. The molecule has 5 heteroatoms. The van der Waals surface area contributed by atoms with Crippen LogP contribution in [-0.2, 0) is 9.53 Å². The van der Waals surface area contributed by atoms with Crippen LogP contribution >= 0.6 is 11.6 Å². The summed E-state index contributed by atoms with van der Waals surface area (Å²) < 4.78 is 17.6. The molecule has 0 spiro atoms. The van der Waals surface area contributed by atoms with Crippen LogP contribution in [0.15, 0.2) is 18.2 Å². The lowest BCUT2D eigenvalue weighted by Crippen LogP contribution is -2.37. The minimum absolute atomic E-state index is 0.203. The molecule has 0 heterocycles. The van der Waals surface area contributed by atoms with Crippen molar-refractivity contribution in [3.05, 3.63) is 34.6 Å². The first-order valence-corrected chi connectivity index (χ1v) is 5.47. The van der Waals surface area contributed by atoms with Crippen molar-refractivity contribution in [1.29, 1.82) is 0 Å². The Labute approximate surface area is 105 Å². The van der Waals surface area contributed by atoms with Gasteiger partial charge in [0.25, 0.3) is 0 Å². The number of esters is 1. The van der Waals surface area contributed by atoms with E-state index in [0.29, 0.717) is 5.56 Å². The fraction of sp³-hybridized carbons (Fsp3) is 0.417. The van der Waals surface area contributed by atoms with Gasteiger partial charge in [0.2, 0.25) is 0 Å². The molecule has 2 N–H and O–H groups in total. The Morgan fingerprint density at radius 1 is 1.53 bits per heavy atom. The second kappa shape index (κ2) is 5.02. The summed E-state index contributed by atoms with van der Waals surface area (Å²) in [7, 11) is 1.29. The summed E-state index contributed by atoms with van der Waals surface area (Å²) >= 11 is 5.91. The molecule has 0 bridgehead atoms. The van der Waals surface area contributed by atoms with E-state index in [1.807, 2.05) is 0 Å². The van der Waals surface area contributed by atoms with Crippen LogP contribution in [0.1, 0.15) is 25.5 Å². The summed E-state index contributed by atoms with van der Waals surface area (Å²) in [6.07, 6.45) is 0. The molecule has 0 fully saturated rings. The summed E-state index contributed by atoms with van der Waals surface area (Å²) in [5.41, 5.74) is 5.58. The molecule has 1 aromatic rings. The third-order valence-corrected chi connectivity index (χ3v) is 3.11. The fourth-order valence-electron chi connectivity index (χ4n) is 1.53. The van der Waals surface area contributed by atoms with Crippen LogP contribution in [0.4, 0.5) is 4.39 Å². The van der Waals surface area contributed by atoms with Gasteiger partial charge in [-0.25, -0.2) is 4.39 Å². The highest BCUT2D eigenvalue weighted by atomic mass is 35.5. The molecule has 0 saturated heterocycles. The number of ether oxygens (including phenoxy) is 1. The maximum atomic E-state index is 12.9. The molecule has 3 nitrogen and oxygen atoms in total. The van der Waals surface area contributed by atoms with E-state index in [1.54, 1.807) is 13.8 Å². The van der Waals surface area contributed by atoms with Crippen LogP contribution in [0.3, 0.4) is 0 Å². The maximum absolute atomic E-state index is 12.9. The SMILES string of the molecule is COC(=O)C(C)(C)[C@@H](N)c1ccc(F)cc1Cl. The van der Waals surface area contributed by atoms with E-state index < -0.39 is 23.2 Å². The second-order valence-corrected chi connectivity index (χ2v) is 4.76. The molecule has 17 heavy (non-hydrogen) atoms. The van der Waals surface area contributed by atoms with Gasteiger partial charge in [-0.05, 0) is 31.5 Å². The van der Waals surface area contributed by atoms with Gasteiger partial charge in [-0.1, -0.05) is 17.7 Å². The zero-order valence-corrected chi connectivity index (χ0v) is 10.7. The van der Waals surface area contributed by atoms with Crippen molar-refractivity contribution in [2.75, 3.05) is 7.11 Å². The Kier molecular flexibility index (Phi) is 4.11. The third-order valence-electron chi connectivity index (χ3n) is 2.79. The zero-order valence-electron chi connectivity index (χ0n) is 9.96. The lowest BCUT2D eigenvalue weighted by atomic mass is 9.81. The Morgan fingerprint density at radius 3 is 2.59 bits per heavy atom. The van der Waals surface area contributed by atoms with Crippen LogP contribution < -0.4 is 5.73 Å². The van der Waals surface area contributed by atoms with Crippen molar-refractivity contribution in [1.82, 2.24) is 0 Å². The molecule has 0 aliphatic heterocycles. The smallest absolute Gasteiger partial charge is 0.313 e. The van der Waals surface area contributed by atoms with Crippen LogP contribution in [0.5, 0.6) is 0 Å². The summed E-state index contributed by atoms with van der Waals surface area (Å²) in [4.78, 5) is 11.6. The standard InChI is InChI=1S/C12H15ClFNO2/c1-12(2,11(16)17-3)10(15)8-5-4-7(14)6-9(8)13/h4-6,10H,15H2,1-3H3/t10-/m0/s1. The lowest BCUT2D eigenvalue weighted by molar-refractivity contribution is -0.152. The predicted molar refractivity (Wildman–Crippen MR) is 64.1 cm³/mol. The number of benzene rings is 1. The number of hydrogen-bond acceptors (Lipinski definition) is 3. The van der Waals surface area contributed by atoms with Gasteiger partial charge >= 0.3 is 5.97 Å². The highest BCUT2D eigenvalue weighted by Gasteiger charge is 2.37. The molecule has 0 amide bonds. The highest BCUT2D eigenvalue weighted by Crippen LogP contribution is 2.35. The third kappa shape index (κ3) is 2.76. The molecule has 94 valence electrons. The highest BCUT2D eigenvalue weighted by molar-refractivity contribution is 6.31. The average molecular weight is 260 g/mol. The van der Waals surface area contributed by atoms with Gasteiger partial charge in [0, 0.05) is 11.1 Å². The van der Waals surface area contributed by atoms with E-state index in [4.69, 9.17) is 17.3 Å². The van der Waals surface area contributed by atoms with E-state index in [2.05, 4.69) is 4.74 Å². The summed E-state index contributed by atoms with van der Waals surface area (Å²) in [6.45, 7) is 3.31. The minimum Gasteiger partial charge on any atom is -0.469 e. The Hall–Kier alpha value is -1.13. The van der Waals surface area contributed by atoms with Crippen LogP contribution in [0, 0.1) is 11.2 Å². The molecule has 0 aliphatic carbocycles. The molecule has 0 unspecified atom stereocenters. The van der Waals surface area contributed by atoms with Crippen molar-refractivity contribution < 1.29 is 13.9 Å². The first-order valence-electron chi connectivity index (χ1n) is 5.09. The molecule has 0 aliphatic rings. The molecular formula is C12H15ClFNO2. The van der Waals surface area contributed by atoms with Crippen molar-refractivity contribution in [3.63, 3.8) is 0 Å². The van der Waals surface area contributed by atoms with Crippen molar-refractivity contribution in [2.24, 2.45) is 11.1 Å². The minimum atomic E-state index is -0.934. The Morgan fingerprint density at radius 2 is 2.12 bits per heavy atom. The molecule has 1 aromatic carbocycles. The second-order valence-electron chi connectivity index (χ2n) is 4.36. The maximum Gasteiger partial charge on any atom is 0.313 e. The van der Waals surface area contributed by atoms with Gasteiger partial charge in [0.1, 0.15) is 5.82 Å². The molecule has 0 radical (unpaired) electrons. The number of carbonyl (C=O) groups excluding carboxylic acids is 1. The average Bonchev–Trinajstić information content (AvgIpc) is 2.27. The molecule has 1 atom stereocenters. The number of carbonyl (C=O) groups is 1. The monoisotopic (exact) mass is 259 g/mol. The molecule has 0 aromatic heterocycles. The van der Waals surface area contributed by atoms with Gasteiger partial charge in [0.05, 0.1) is 12.5 Å². The van der Waals surface area contributed by atoms with Gasteiger partial charge in [-0.2, -0.15) is 0 Å². The van der Waals surface area contributed by atoms with Crippen molar-refractivity contribution >= 4 is 17.6 Å². The lowest BCUT2D eigenvalue weighted by Gasteiger charge is -2.29. The topological polar surface area (TPSA) is 52.3 Å². The Balaban J connectivity index is 3.11. The number of rotatable bonds is 3. The normalized spacial score (nSPS) is 13.3. The summed E-state index contributed by atoms with van der Waals surface area (Å²) in [5, 5.41) is 0.203. The van der Waals surface area contributed by atoms with Gasteiger partial charge < -0.3 is 10.5 Å². The van der Waals surface area contributed by atoms with Gasteiger partial charge in [-0.15, -0.1) is 0 Å². The quantitative estimate of drug-likeness (QED) is 0.849. The summed E-state index contributed by atoms with van der Waals surface area (Å²) in [5.74, 6) is -0.882. The first kappa shape index (κ1) is 13.9.